The lowest BCUT2D eigenvalue weighted by atomic mass is 10.2. The number of benzene rings is 1. The summed E-state index contributed by atoms with van der Waals surface area (Å²) in [4.78, 5) is 8.68. The minimum Gasteiger partial charge on any atom is -0.496 e. The van der Waals surface area contributed by atoms with Gasteiger partial charge in [-0.2, -0.15) is 0 Å². The molecule has 0 amide bonds. The minimum atomic E-state index is 0.724. The molecule has 0 N–H and O–H groups in total. The Balaban J connectivity index is 1.86. The first-order valence-corrected chi connectivity index (χ1v) is 6.83. The molecule has 0 atom stereocenters. The summed E-state index contributed by atoms with van der Waals surface area (Å²) >= 11 is 0. The van der Waals surface area contributed by atoms with Gasteiger partial charge >= 0.3 is 0 Å². The van der Waals surface area contributed by atoms with Crippen molar-refractivity contribution in [2.75, 3.05) is 7.11 Å². The molecule has 0 saturated carbocycles. The Kier molecular flexibility index (Phi) is 3.48. The second kappa shape index (κ2) is 5.44. The van der Waals surface area contributed by atoms with Gasteiger partial charge in [0.05, 0.1) is 31.4 Å². The van der Waals surface area contributed by atoms with Gasteiger partial charge in [0.25, 0.3) is 0 Å². The average Bonchev–Trinajstić information content (AvgIpc) is 3.10. The van der Waals surface area contributed by atoms with Gasteiger partial charge in [0.1, 0.15) is 11.6 Å². The zero-order valence-corrected chi connectivity index (χ0v) is 12.4. The van der Waals surface area contributed by atoms with Crippen LogP contribution in [0.5, 0.6) is 5.75 Å². The van der Waals surface area contributed by atoms with Crippen LogP contribution in [0, 0.1) is 13.8 Å². The van der Waals surface area contributed by atoms with Crippen LogP contribution in [-0.2, 0) is 6.54 Å². The lowest BCUT2D eigenvalue weighted by Gasteiger charge is -2.08. The summed E-state index contributed by atoms with van der Waals surface area (Å²) in [5, 5.41) is 0. The van der Waals surface area contributed by atoms with Crippen LogP contribution in [0.1, 0.15) is 17.1 Å². The predicted octanol–water partition coefficient (Wildman–Crippen LogP) is 2.74. The third-order valence-electron chi connectivity index (χ3n) is 3.58. The summed E-state index contributed by atoms with van der Waals surface area (Å²) < 4.78 is 9.44. The molecule has 1 aromatic carbocycles. The van der Waals surface area contributed by atoms with Gasteiger partial charge in [-0.3, -0.25) is 0 Å². The summed E-state index contributed by atoms with van der Waals surface area (Å²) in [7, 11) is 1.69. The topological polar surface area (TPSA) is 44.9 Å². The maximum atomic E-state index is 5.37. The van der Waals surface area contributed by atoms with Crippen molar-refractivity contribution in [3.63, 3.8) is 0 Å². The number of rotatable bonds is 4. The van der Waals surface area contributed by atoms with Crippen LogP contribution in [0.4, 0.5) is 0 Å². The SMILES string of the molecule is COc1cc(-n2cnc(Cn3ccnc3C)c2)ccc1C. The van der Waals surface area contributed by atoms with Crippen molar-refractivity contribution < 1.29 is 4.74 Å². The first-order chi connectivity index (χ1) is 10.2. The van der Waals surface area contributed by atoms with Gasteiger partial charge in [0, 0.05) is 24.7 Å². The van der Waals surface area contributed by atoms with Gasteiger partial charge < -0.3 is 13.9 Å². The zero-order valence-electron chi connectivity index (χ0n) is 12.4. The van der Waals surface area contributed by atoms with Crippen molar-refractivity contribution in [3.8, 4) is 11.4 Å². The van der Waals surface area contributed by atoms with Gasteiger partial charge in [-0.25, -0.2) is 9.97 Å². The van der Waals surface area contributed by atoms with E-state index < -0.39 is 0 Å². The Morgan fingerprint density at radius 2 is 2.05 bits per heavy atom. The predicted molar refractivity (Wildman–Crippen MR) is 80.9 cm³/mol. The molecule has 108 valence electrons. The quantitative estimate of drug-likeness (QED) is 0.739. The molecule has 21 heavy (non-hydrogen) atoms. The molecule has 0 radical (unpaired) electrons. The molecule has 0 fully saturated rings. The summed E-state index contributed by atoms with van der Waals surface area (Å²) in [6.07, 6.45) is 7.62. The van der Waals surface area contributed by atoms with Gasteiger partial charge in [0.2, 0.25) is 0 Å². The Morgan fingerprint density at radius 1 is 1.19 bits per heavy atom. The van der Waals surface area contributed by atoms with Crippen molar-refractivity contribution in [2.24, 2.45) is 0 Å². The van der Waals surface area contributed by atoms with Crippen LogP contribution in [0.2, 0.25) is 0 Å². The Labute approximate surface area is 123 Å². The number of hydrogen-bond acceptors (Lipinski definition) is 3. The second-order valence-electron chi connectivity index (χ2n) is 5.03. The Morgan fingerprint density at radius 3 is 2.76 bits per heavy atom. The van der Waals surface area contributed by atoms with E-state index >= 15 is 0 Å². The normalized spacial score (nSPS) is 10.8. The van der Waals surface area contributed by atoms with E-state index in [2.05, 4.69) is 20.6 Å². The van der Waals surface area contributed by atoms with Crippen molar-refractivity contribution in [3.05, 3.63) is 60.2 Å². The van der Waals surface area contributed by atoms with Crippen molar-refractivity contribution >= 4 is 0 Å². The van der Waals surface area contributed by atoms with E-state index in [1.165, 1.54) is 0 Å². The van der Waals surface area contributed by atoms with Crippen LogP contribution in [-0.4, -0.2) is 26.2 Å². The molecule has 3 aromatic rings. The maximum absolute atomic E-state index is 5.37. The zero-order chi connectivity index (χ0) is 14.8. The van der Waals surface area contributed by atoms with Gasteiger partial charge in [0.15, 0.2) is 0 Å². The summed E-state index contributed by atoms with van der Waals surface area (Å²) in [6.45, 7) is 4.74. The van der Waals surface area contributed by atoms with E-state index in [1.807, 2.05) is 49.3 Å². The third-order valence-corrected chi connectivity index (χ3v) is 3.58. The average molecular weight is 282 g/mol. The minimum absolute atomic E-state index is 0.724. The molecular weight excluding hydrogens is 264 g/mol. The van der Waals surface area contributed by atoms with E-state index in [0.717, 1.165) is 35.1 Å². The monoisotopic (exact) mass is 282 g/mol. The number of hydrogen-bond donors (Lipinski definition) is 0. The molecular formula is C16H18N4O. The molecule has 0 unspecified atom stereocenters. The summed E-state index contributed by atoms with van der Waals surface area (Å²) in [5.41, 5.74) is 3.16. The number of aromatic nitrogens is 4. The lowest BCUT2D eigenvalue weighted by molar-refractivity contribution is 0.411. The number of imidazole rings is 2. The number of nitrogens with zero attached hydrogens (tertiary/aromatic N) is 4. The van der Waals surface area contributed by atoms with Crippen LogP contribution in [0.15, 0.2) is 43.1 Å². The third kappa shape index (κ3) is 2.67. The van der Waals surface area contributed by atoms with E-state index in [0.29, 0.717) is 0 Å². The molecule has 0 spiro atoms. The van der Waals surface area contributed by atoms with Crippen LogP contribution in [0.3, 0.4) is 0 Å². The van der Waals surface area contributed by atoms with Crippen molar-refractivity contribution in [1.29, 1.82) is 0 Å². The Hall–Kier alpha value is -2.56. The fourth-order valence-electron chi connectivity index (χ4n) is 2.30. The second-order valence-corrected chi connectivity index (χ2v) is 5.03. The molecule has 5 heteroatoms. The van der Waals surface area contributed by atoms with E-state index in [-0.39, 0.29) is 0 Å². The molecule has 0 aliphatic heterocycles. The van der Waals surface area contributed by atoms with Crippen molar-refractivity contribution in [2.45, 2.75) is 20.4 Å². The van der Waals surface area contributed by atoms with E-state index in [4.69, 9.17) is 4.74 Å². The standard InChI is InChI=1S/C16H18N4O/c1-12-4-5-15(8-16(12)21-3)20-10-14(18-11-20)9-19-7-6-17-13(19)2/h4-8,10-11H,9H2,1-3H3. The molecule has 2 aromatic heterocycles. The molecule has 0 saturated heterocycles. The fraction of sp³-hybridized carbons (Fsp3) is 0.250. The van der Waals surface area contributed by atoms with Gasteiger partial charge in [-0.15, -0.1) is 0 Å². The first kappa shape index (κ1) is 13.4. The smallest absolute Gasteiger partial charge is 0.123 e. The number of aryl methyl sites for hydroxylation is 2. The first-order valence-electron chi connectivity index (χ1n) is 6.83. The van der Waals surface area contributed by atoms with Gasteiger partial charge in [-0.1, -0.05) is 6.07 Å². The van der Waals surface area contributed by atoms with Crippen LogP contribution in [0.25, 0.3) is 5.69 Å². The molecule has 0 bridgehead atoms. The fourth-order valence-corrected chi connectivity index (χ4v) is 2.30. The molecule has 0 aliphatic rings. The molecule has 0 aliphatic carbocycles. The molecule has 3 rings (SSSR count). The van der Waals surface area contributed by atoms with Crippen LogP contribution >= 0.6 is 0 Å². The highest BCUT2D eigenvalue weighted by Gasteiger charge is 2.06. The van der Waals surface area contributed by atoms with Crippen molar-refractivity contribution in [1.82, 2.24) is 19.1 Å². The highest BCUT2D eigenvalue weighted by molar-refractivity contribution is 5.44. The van der Waals surface area contributed by atoms with Crippen LogP contribution < -0.4 is 4.74 Å². The lowest BCUT2D eigenvalue weighted by Crippen LogP contribution is -2.01. The summed E-state index contributed by atoms with van der Waals surface area (Å²) in [5.74, 6) is 1.87. The highest BCUT2D eigenvalue weighted by Crippen LogP contribution is 2.21. The largest absolute Gasteiger partial charge is 0.496 e. The van der Waals surface area contributed by atoms with Gasteiger partial charge in [-0.05, 0) is 25.5 Å². The highest BCUT2D eigenvalue weighted by atomic mass is 16.5. The molecule has 2 heterocycles. The summed E-state index contributed by atoms with van der Waals surface area (Å²) in [6, 6.07) is 6.13. The van der Waals surface area contributed by atoms with E-state index in [1.54, 1.807) is 13.3 Å². The molecule has 5 nitrogen and oxygen atoms in total. The number of methoxy groups -OCH3 is 1. The number of ether oxygens (including phenoxy) is 1. The Bertz CT molecular complexity index is 757. The van der Waals surface area contributed by atoms with E-state index in [9.17, 15) is 0 Å². The maximum Gasteiger partial charge on any atom is 0.123 e.